The predicted molar refractivity (Wildman–Crippen MR) is 61.2 cm³/mol. The number of hydrogen-bond acceptors (Lipinski definition) is 3. The van der Waals surface area contributed by atoms with Gasteiger partial charge in [0.15, 0.2) is 0 Å². The molecular formula is C11H18N4O. The molecule has 5 heteroatoms. The Morgan fingerprint density at radius 3 is 3.12 bits per heavy atom. The maximum Gasteiger partial charge on any atom is 0.254 e. The quantitative estimate of drug-likeness (QED) is 0.771. The molecule has 2 N–H and O–H groups in total. The molecule has 0 saturated carbocycles. The van der Waals surface area contributed by atoms with Crippen molar-refractivity contribution in [3.05, 3.63) is 18.0 Å². The second kappa shape index (κ2) is 4.65. The highest BCUT2D eigenvalue weighted by molar-refractivity contribution is 5.93. The minimum atomic E-state index is -0.0319. The van der Waals surface area contributed by atoms with E-state index in [1.165, 1.54) is 0 Å². The fraction of sp³-hybridized carbons (Fsp3) is 0.636. The largest absolute Gasteiger partial charge is 0.349 e. The standard InChI is InChI=1S/C11H18N4O/c1-8-5-10(3-4-15(8)2)14-11(16)9-6-12-13-7-9/h6-8,10H,3-5H2,1-2H3,(H,12,13)(H,14,16). The summed E-state index contributed by atoms with van der Waals surface area (Å²) in [4.78, 5) is 14.1. The number of rotatable bonds is 2. The van der Waals surface area contributed by atoms with Gasteiger partial charge in [-0.1, -0.05) is 0 Å². The Morgan fingerprint density at radius 1 is 1.69 bits per heavy atom. The van der Waals surface area contributed by atoms with E-state index in [1.54, 1.807) is 12.4 Å². The van der Waals surface area contributed by atoms with Crippen LogP contribution in [0.4, 0.5) is 0 Å². The van der Waals surface area contributed by atoms with Gasteiger partial charge < -0.3 is 10.2 Å². The summed E-state index contributed by atoms with van der Waals surface area (Å²) in [6.07, 6.45) is 5.20. The fourth-order valence-electron chi connectivity index (χ4n) is 2.06. The van der Waals surface area contributed by atoms with Crippen LogP contribution in [0.5, 0.6) is 0 Å². The maximum absolute atomic E-state index is 11.8. The molecule has 1 aromatic heterocycles. The second-order valence-electron chi connectivity index (χ2n) is 4.51. The molecule has 1 fully saturated rings. The summed E-state index contributed by atoms with van der Waals surface area (Å²) in [5.41, 5.74) is 0.603. The summed E-state index contributed by atoms with van der Waals surface area (Å²) in [6.45, 7) is 3.23. The van der Waals surface area contributed by atoms with E-state index >= 15 is 0 Å². The Morgan fingerprint density at radius 2 is 2.50 bits per heavy atom. The Labute approximate surface area is 95.2 Å². The van der Waals surface area contributed by atoms with Crippen molar-refractivity contribution in [2.45, 2.75) is 31.8 Å². The molecule has 2 unspecified atom stereocenters. The summed E-state index contributed by atoms with van der Waals surface area (Å²) in [5.74, 6) is -0.0319. The van der Waals surface area contributed by atoms with Gasteiger partial charge in [0, 0.05) is 24.8 Å². The first kappa shape index (κ1) is 11.1. The summed E-state index contributed by atoms with van der Waals surface area (Å²) in [5, 5.41) is 9.46. The van der Waals surface area contributed by atoms with Gasteiger partial charge in [-0.05, 0) is 26.8 Å². The van der Waals surface area contributed by atoms with E-state index in [9.17, 15) is 4.79 Å². The smallest absolute Gasteiger partial charge is 0.254 e. The average Bonchev–Trinajstić information content (AvgIpc) is 2.77. The van der Waals surface area contributed by atoms with E-state index in [2.05, 4.69) is 34.4 Å². The monoisotopic (exact) mass is 222 g/mol. The number of carbonyl (C=O) groups is 1. The number of hydrogen-bond donors (Lipinski definition) is 2. The molecule has 1 amide bonds. The van der Waals surface area contributed by atoms with Crippen LogP contribution in [0.2, 0.25) is 0 Å². The number of amides is 1. The third-order valence-corrected chi connectivity index (χ3v) is 3.30. The molecule has 88 valence electrons. The van der Waals surface area contributed by atoms with Crippen molar-refractivity contribution in [3.8, 4) is 0 Å². The fourth-order valence-corrected chi connectivity index (χ4v) is 2.06. The van der Waals surface area contributed by atoms with Gasteiger partial charge in [-0.3, -0.25) is 9.89 Å². The molecule has 5 nitrogen and oxygen atoms in total. The van der Waals surface area contributed by atoms with Crippen LogP contribution in [0.15, 0.2) is 12.4 Å². The predicted octanol–water partition coefficient (Wildman–Crippen LogP) is 0.622. The summed E-state index contributed by atoms with van der Waals surface area (Å²) < 4.78 is 0. The summed E-state index contributed by atoms with van der Waals surface area (Å²) in [7, 11) is 2.12. The van der Waals surface area contributed by atoms with Crippen molar-refractivity contribution >= 4 is 5.91 Å². The van der Waals surface area contributed by atoms with Gasteiger partial charge in [0.1, 0.15) is 0 Å². The Bertz CT molecular complexity index is 349. The molecule has 2 heterocycles. The number of piperidine rings is 1. The Hall–Kier alpha value is -1.36. The number of likely N-dealkylation sites (tertiary alicyclic amines) is 1. The lowest BCUT2D eigenvalue weighted by atomic mass is 9.99. The molecule has 0 aliphatic carbocycles. The van der Waals surface area contributed by atoms with E-state index in [1.807, 2.05) is 0 Å². The lowest BCUT2D eigenvalue weighted by molar-refractivity contribution is 0.0896. The summed E-state index contributed by atoms with van der Waals surface area (Å²) >= 11 is 0. The number of nitrogens with one attached hydrogen (secondary N) is 2. The molecule has 0 radical (unpaired) electrons. The topological polar surface area (TPSA) is 61.0 Å². The van der Waals surface area contributed by atoms with Crippen molar-refractivity contribution in [2.75, 3.05) is 13.6 Å². The molecule has 1 aromatic rings. The highest BCUT2D eigenvalue weighted by Gasteiger charge is 2.24. The van der Waals surface area contributed by atoms with E-state index in [0.29, 0.717) is 11.6 Å². The number of nitrogens with zero attached hydrogens (tertiary/aromatic N) is 2. The SMILES string of the molecule is CC1CC(NC(=O)c2cn[nH]c2)CCN1C. The zero-order chi connectivity index (χ0) is 11.5. The molecule has 1 saturated heterocycles. The number of H-pyrrole nitrogens is 1. The molecular weight excluding hydrogens is 204 g/mol. The van der Waals surface area contributed by atoms with Gasteiger partial charge in [0.25, 0.3) is 5.91 Å². The summed E-state index contributed by atoms with van der Waals surface area (Å²) in [6, 6.07) is 0.817. The van der Waals surface area contributed by atoms with E-state index < -0.39 is 0 Å². The Kier molecular flexibility index (Phi) is 3.24. The van der Waals surface area contributed by atoms with Crippen LogP contribution in [0.1, 0.15) is 30.1 Å². The van der Waals surface area contributed by atoms with Crippen molar-refractivity contribution < 1.29 is 4.79 Å². The number of carbonyl (C=O) groups excluding carboxylic acids is 1. The van der Waals surface area contributed by atoms with Gasteiger partial charge in [0.2, 0.25) is 0 Å². The van der Waals surface area contributed by atoms with Crippen molar-refractivity contribution in [1.29, 1.82) is 0 Å². The average molecular weight is 222 g/mol. The lowest BCUT2D eigenvalue weighted by Gasteiger charge is -2.35. The van der Waals surface area contributed by atoms with Crippen molar-refractivity contribution in [1.82, 2.24) is 20.4 Å². The number of aromatic amines is 1. The molecule has 2 atom stereocenters. The van der Waals surface area contributed by atoms with Gasteiger partial charge in [-0.2, -0.15) is 5.10 Å². The molecule has 1 aliphatic heterocycles. The zero-order valence-corrected chi connectivity index (χ0v) is 9.73. The van der Waals surface area contributed by atoms with Gasteiger partial charge in [0.05, 0.1) is 11.8 Å². The van der Waals surface area contributed by atoms with Crippen LogP contribution >= 0.6 is 0 Å². The molecule has 0 aromatic carbocycles. The third kappa shape index (κ3) is 2.41. The Balaban J connectivity index is 1.89. The van der Waals surface area contributed by atoms with Crippen LogP contribution in [-0.4, -0.2) is 46.7 Å². The van der Waals surface area contributed by atoms with Crippen molar-refractivity contribution in [3.63, 3.8) is 0 Å². The van der Waals surface area contributed by atoms with Crippen LogP contribution in [0.3, 0.4) is 0 Å². The van der Waals surface area contributed by atoms with E-state index in [-0.39, 0.29) is 11.9 Å². The van der Waals surface area contributed by atoms with Crippen molar-refractivity contribution in [2.24, 2.45) is 0 Å². The number of aromatic nitrogens is 2. The van der Waals surface area contributed by atoms with Gasteiger partial charge in [-0.25, -0.2) is 0 Å². The first-order valence-electron chi connectivity index (χ1n) is 5.66. The molecule has 16 heavy (non-hydrogen) atoms. The molecule has 2 rings (SSSR count). The third-order valence-electron chi connectivity index (χ3n) is 3.30. The minimum Gasteiger partial charge on any atom is -0.349 e. The second-order valence-corrected chi connectivity index (χ2v) is 4.51. The highest BCUT2D eigenvalue weighted by Crippen LogP contribution is 2.15. The van der Waals surface area contributed by atoms with Crippen LogP contribution < -0.4 is 5.32 Å². The van der Waals surface area contributed by atoms with Gasteiger partial charge in [-0.15, -0.1) is 0 Å². The highest BCUT2D eigenvalue weighted by atomic mass is 16.1. The van der Waals surface area contributed by atoms with Crippen LogP contribution in [0.25, 0.3) is 0 Å². The van der Waals surface area contributed by atoms with E-state index in [4.69, 9.17) is 0 Å². The molecule has 0 bridgehead atoms. The van der Waals surface area contributed by atoms with E-state index in [0.717, 1.165) is 19.4 Å². The first-order chi connectivity index (χ1) is 7.66. The zero-order valence-electron chi connectivity index (χ0n) is 9.73. The van der Waals surface area contributed by atoms with Crippen LogP contribution in [0, 0.1) is 0 Å². The maximum atomic E-state index is 11.8. The normalized spacial score (nSPS) is 26.6. The molecule has 0 spiro atoms. The molecule has 1 aliphatic rings. The first-order valence-corrected chi connectivity index (χ1v) is 5.66. The van der Waals surface area contributed by atoms with Gasteiger partial charge >= 0.3 is 0 Å². The van der Waals surface area contributed by atoms with Crippen LogP contribution in [-0.2, 0) is 0 Å². The lowest BCUT2D eigenvalue weighted by Crippen LogP contribution is -2.47. The minimum absolute atomic E-state index is 0.0319.